The third-order valence-electron chi connectivity index (χ3n) is 4.62. The molecule has 0 aliphatic heterocycles. The number of hydrogen-bond acceptors (Lipinski definition) is 9. The summed E-state index contributed by atoms with van der Waals surface area (Å²) in [7, 11) is -2.74. The Hall–Kier alpha value is -3.58. The Balaban J connectivity index is 1.96. The molecule has 0 aliphatic rings. The van der Waals surface area contributed by atoms with Crippen molar-refractivity contribution in [2.24, 2.45) is 0 Å². The van der Waals surface area contributed by atoms with Crippen molar-refractivity contribution in [3.8, 4) is 16.3 Å². The number of carbonyl (C=O) groups excluding carboxylic acids is 1. The van der Waals surface area contributed by atoms with Crippen LogP contribution in [0, 0.1) is 10.1 Å². The molecule has 0 saturated carbocycles. The Morgan fingerprint density at radius 1 is 1.24 bits per heavy atom. The molecule has 13 heteroatoms. The van der Waals surface area contributed by atoms with Gasteiger partial charge in [0.1, 0.15) is 22.5 Å². The molecule has 1 aromatic heterocycles. The van der Waals surface area contributed by atoms with E-state index in [2.05, 4.69) is 15.5 Å². The van der Waals surface area contributed by atoms with Gasteiger partial charge in [-0.15, -0.1) is 10.2 Å². The number of sulfonamides is 1. The van der Waals surface area contributed by atoms with Crippen LogP contribution in [0.15, 0.2) is 48.5 Å². The number of nitrogens with one attached hydrogen (secondary N) is 1. The van der Waals surface area contributed by atoms with E-state index in [0.717, 1.165) is 33.5 Å². The van der Waals surface area contributed by atoms with Gasteiger partial charge in [-0.25, -0.2) is 8.42 Å². The lowest BCUT2D eigenvalue weighted by molar-refractivity contribution is -0.384. The van der Waals surface area contributed by atoms with E-state index in [0.29, 0.717) is 5.01 Å². The maximum atomic E-state index is 13.1. The van der Waals surface area contributed by atoms with E-state index in [4.69, 9.17) is 4.74 Å². The Morgan fingerprint density at radius 3 is 2.52 bits per heavy atom. The number of carbonyl (C=O) groups is 1. The minimum atomic E-state index is -4.04. The molecular formula is C20H21N5O6S2. The summed E-state index contributed by atoms with van der Waals surface area (Å²) >= 11 is 1.14. The third kappa shape index (κ3) is 5.43. The molecule has 0 fully saturated rings. The molecule has 3 aromatic rings. The Morgan fingerprint density at radius 2 is 1.94 bits per heavy atom. The van der Waals surface area contributed by atoms with E-state index in [1.807, 2.05) is 30.3 Å². The fourth-order valence-corrected chi connectivity index (χ4v) is 5.12. The van der Waals surface area contributed by atoms with Crippen LogP contribution >= 0.6 is 11.3 Å². The molecule has 1 amide bonds. The summed E-state index contributed by atoms with van der Waals surface area (Å²) in [5.41, 5.74) is 0.367. The summed E-state index contributed by atoms with van der Waals surface area (Å²) < 4.78 is 31.5. The van der Waals surface area contributed by atoms with Crippen molar-refractivity contribution in [2.45, 2.75) is 19.4 Å². The summed E-state index contributed by atoms with van der Waals surface area (Å²) in [5.74, 6) is -0.591. The minimum Gasteiger partial charge on any atom is -0.495 e. The van der Waals surface area contributed by atoms with Crippen LogP contribution in [0.1, 0.15) is 13.3 Å². The van der Waals surface area contributed by atoms with Crippen LogP contribution in [0.4, 0.5) is 16.5 Å². The van der Waals surface area contributed by atoms with Gasteiger partial charge in [0.05, 0.1) is 18.3 Å². The Kier molecular flexibility index (Phi) is 7.23. The third-order valence-corrected chi connectivity index (χ3v) is 6.67. The fourth-order valence-electron chi connectivity index (χ4n) is 3.16. The zero-order valence-electron chi connectivity index (χ0n) is 18.0. The van der Waals surface area contributed by atoms with Gasteiger partial charge in [-0.3, -0.25) is 24.5 Å². The molecule has 0 bridgehead atoms. The highest BCUT2D eigenvalue weighted by Gasteiger charge is 2.35. The number of methoxy groups -OCH3 is 1. The van der Waals surface area contributed by atoms with Crippen LogP contribution < -0.4 is 14.4 Å². The topological polar surface area (TPSA) is 145 Å². The molecule has 2 aromatic carbocycles. The van der Waals surface area contributed by atoms with Gasteiger partial charge in [-0.1, -0.05) is 48.6 Å². The van der Waals surface area contributed by atoms with Crippen LogP contribution in [0.3, 0.4) is 0 Å². The van der Waals surface area contributed by atoms with Gasteiger partial charge in [-0.2, -0.15) is 0 Å². The van der Waals surface area contributed by atoms with Crippen LogP contribution in [-0.2, 0) is 14.8 Å². The van der Waals surface area contributed by atoms with Crippen molar-refractivity contribution in [1.29, 1.82) is 0 Å². The lowest BCUT2D eigenvalue weighted by Crippen LogP contribution is -2.47. The highest BCUT2D eigenvalue weighted by molar-refractivity contribution is 7.92. The monoisotopic (exact) mass is 491 g/mol. The van der Waals surface area contributed by atoms with E-state index in [9.17, 15) is 23.3 Å². The van der Waals surface area contributed by atoms with E-state index in [-0.39, 0.29) is 28.7 Å². The standard InChI is InChI=1S/C20H21N5O6S2/c1-4-15(18(26)21-20-23-22-19(32-20)13-8-6-5-7-9-13)24(33(3,29)30)16-12-14(25(27)28)10-11-17(16)31-2/h5-12,15H,4H2,1-3H3,(H,21,23,26)/t15-/m1/s1. The first-order chi connectivity index (χ1) is 15.7. The van der Waals surface area contributed by atoms with Crippen LogP contribution in [0.5, 0.6) is 5.75 Å². The van der Waals surface area contributed by atoms with Crippen molar-refractivity contribution < 1.29 is 22.9 Å². The average Bonchev–Trinajstić information content (AvgIpc) is 3.25. The second-order valence-electron chi connectivity index (χ2n) is 6.86. The predicted octanol–water partition coefficient (Wildman–Crippen LogP) is 3.31. The van der Waals surface area contributed by atoms with E-state index in [1.54, 1.807) is 6.92 Å². The molecule has 1 N–H and O–H groups in total. The van der Waals surface area contributed by atoms with Crippen LogP contribution in [0.2, 0.25) is 0 Å². The number of nitrogens with zero attached hydrogens (tertiary/aromatic N) is 4. The largest absolute Gasteiger partial charge is 0.495 e. The summed E-state index contributed by atoms with van der Waals surface area (Å²) in [5, 5.41) is 22.7. The quantitative estimate of drug-likeness (QED) is 0.354. The molecular weight excluding hydrogens is 470 g/mol. The van der Waals surface area contributed by atoms with Gasteiger partial charge in [0, 0.05) is 17.7 Å². The van der Waals surface area contributed by atoms with Gasteiger partial charge >= 0.3 is 0 Å². The van der Waals surface area contributed by atoms with Gasteiger partial charge in [0.2, 0.25) is 21.1 Å². The molecule has 0 aliphatic carbocycles. The average molecular weight is 492 g/mol. The zero-order valence-corrected chi connectivity index (χ0v) is 19.6. The number of ether oxygens (including phenoxy) is 1. The van der Waals surface area contributed by atoms with Gasteiger partial charge in [-0.05, 0) is 12.5 Å². The van der Waals surface area contributed by atoms with Crippen molar-refractivity contribution >= 4 is 43.8 Å². The molecule has 0 saturated heterocycles. The van der Waals surface area contributed by atoms with Crippen molar-refractivity contribution in [3.63, 3.8) is 0 Å². The highest BCUT2D eigenvalue weighted by atomic mass is 32.2. The predicted molar refractivity (Wildman–Crippen MR) is 125 cm³/mol. The first kappa shape index (κ1) is 24.1. The number of nitro groups is 1. The number of non-ortho nitro benzene ring substituents is 1. The van der Waals surface area contributed by atoms with Gasteiger partial charge in [0.25, 0.3) is 5.69 Å². The number of benzene rings is 2. The number of rotatable bonds is 9. The fraction of sp³-hybridized carbons (Fsp3) is 0.250. The summed E-state index contributed by atoms with van der Waals surface area (Å²) in [4.78, 5) is 23.7. The lowest BCUT2D eigenvalue weighted by atomic mass is 10.1. The maximum Gasteiger partial charge on any atom is 0.271 e. The summed E-state index contributed by atoms with van der Waals surface area (Å²) in [6.07, 6.45) is 0.995. The molecule has 174 valence electrons. The molecule has 1 atom stereocenters. The van der Waals surface area contributed by atoms with E-state index in [1.165, 1.54) is 19.2 Å². The second kappa shape index (κ2) is 9.92. The number of aromatic nitrogens is 2. The van der Waals surface area contributed by atoms with Crippen molar-refractivity contribution in [1.82, 2.24) is 10.2 Å². The molecule has 1 heterocycles. The first-order valence-corrected chi connectivity index (χ1v) is 12.3. The van der Waals surface area contributed by atoms with Crippen LogP contribution in [0.25, 0.3) is 10.6 Å². The van der Waals surface area contributed by atoms with Crippen LogP contribution in [-0.4, -0.2) is 48.9 Å². The molecule has 11 nitrogen and oxygen atoms in total. The number of hydrogen-bond donors (Lipinski definition) is 1. The minimum absolute atomic E-state index is 0.0690. The highest BCUT2D eigenvalue weighted by Crippen LogP contribution is 2.36. The summed E-state index contributed by atoms with van der Waals surface area (Å²) in [6, 6.07) is 11.6. The van der Waals surface area contributed by atoms with Crippen molar-refractivity contribution in [2.75, 3.05) is 23.0 Å². The molecule has 0 spiro atoms. The van der Waals surface area contributed by atoms with E-state index < -0.39 is 26.9 Å². The molecule has 0 radical (unpaired) electrons. The first-order valence-electron chi connectivity index (χ1n) is 9.67. The zero-order chi connectivity index (χ0) is 24.2. The summed E-state index contributed by atoms with van der Waals surface area (Å²) in [6.45, 7) is 1.63. The SMILES string of the molecule is CC[C@H](C(=O)Nc1nnc(-c2ccccc2)s1)N(c1cc([N+](=O)[O-])ccc1OC)S(C)(=O)=O. The maximum absolute atomic E-state index is 13.1. The molecule has 33 heavy (non-hydrogen) atoms. The normalized spacial score (nSPS) is 12.1. The number of nitro benzene ring substituents is 1. The number of anilines is 2. The Labute approximate surface area is 194 Å². The number of amides is 1. The Bertz CT molecular complexity index is 1260. The van der Waals surface area contributed by atoms with Crippen molar-refractivity contribution in [3.05, 3.63) is 58.6 Å². The second-order valence-corrected chi connectivity index (χ2v) is 9.70. The lowest BCUT2D eigenvalue weighted by Gasteiger charge is -2.30. The van der Waals surface area contributed by atoms with Gasteiger partial charge in [0.15, 0.2) is 0 Å². The van der Waals surface area contributed by atoms with E-state index >= 15 is 0 Å². The molecule has 3 rings (SSSR count). The van der Waals surface area contributed by atoms with Gasteiger partial charge < -0.3 is 4.74 Å². The smallest absolute Gasteiger partial charge is 0.271 e. The molecule has 0 unspecified atom stereocenters.